The molecule has 98 valence electrons. The molecule has 0 unspecified atom stereocenters. The minimum atomic E-state index is -0.516. The second kappa shape index (κ2) is 5.16. The molecule has 1 aliphatic carbocycles. The van der Waals surface area contributed by atoms with E-state index in [0.29, 0.717) is 0 Å². The number of rotatable bonds is 3. The first kappa shape index (κ1) is 12.5. The van der Waals surface area contributed by atoms with Crippen molar-refractivity contribution in [3.8, 4) is 0 Å². The van der Waals surface area contributed by atoms with E-state index >= 15 is 0 Å². The predicted octanol–water partition coefficient (Wildman–Crippen LogP) is 2.25. The van der Waals surface area contributed by atoms with Crippen LogP contribution < -0.4 is 5.32 Å². The molecule has 1 saturated carbocycles. The van der Waals surface area contributed by atoms with E-state index in [1.165, 1.54) is 19.5 Å². The Bertz CT molecular complexity index is 463. The van der Waals surface area contributed by atoms with Crippen molar-refractivity contribution >= 4 is 17.4 Å². The summed E-state index contributed by atoms with van der Waals surface area (Å²) >= 11 is 0. The molecule has 1 aromatic heterocycles. The molecular formula is C11H16N4O3. The number of carbonyl (C=O) groups excluding carboxylic acids is 1. The lowest BCUT2D eigenvalue weighted by Gasteiger charge is -2.23. The summed E-state index contributed by atoms with van der Waals surface area (Å²) in [5.74, 6) is -0.116. The van der Waals surface area contributed by atoms with E-state index in [1.54, 1.807) is 4.68 Å². The van der Waals surface area contributed by atoms with Crippen LogP contribution in [0.1, 0.15) is 45.1 Å². The number of hydrogen-bond donors (Lipinski definition) is 1. The Labute approximate surface area is 104 Å². The Hall–Kier alpha value is -1.92. The SMILES string of the molecule is CC(=O)Nc1c([N+](=O)[O-])cnn1C1CCCCC1. The van der Waals surface area contributed by atoms with Crippen molar-refractivity contribution < 1.29 is 9.72 Å². The number of hydrogen-bond acceptors (Lipinski definition) is 4. The summed E-state index contributed by atoms with van der Waals surface area (Å²) in [4.78, 5) is 21.5. The van der Waals surface area contributed by atoms with Crippen molar-refractivity contribution in [1.82, 2.24) is 9.78 Å². The maximum absolute atomic E-state index is 11.1. The van der Waals surface area contributed by atoms with Crippen molar-refractivity contribution in [2.45, 2.75) is 45.1 Å². The van der Waals surface area contributed by atoms with Crippen LogP contribution in [-0.2, 0) is 4.79 Å². The normalized spacial score (nSPS) is 16.5. The Kier molecular flexibility index (Phi) is 3.59. The average Bonchev–Trinajstić information content (AvgIpc) is 2.73. The monoisotopic (exact) mass is 252 g/mol. The fraction of sp³-hybridized carbons (Fsp3) is 0.636. The molecular weight excluding hydrogens is 236 g/mol. The second-order valence-electron chi connectivity index (χ2n) is 4.55. The lowest BCUT2D eigenvalue weighted by molar-refractivity contribution is -0.384. The predicted molar refractivity (Wildman–Crippen MR) is 65.3 cm³/mol. The average molecular weight is 252 g/mol. The van der Waals surface area contributed by atoms with Crippen LogP contribution >= 0.6 is 0 Å². The fourth-order valence-electron chi connectivity index (χ4n) is 2.38. The number of amides is 1. The van der Waals surface area contributed by atoms with Gasteiger partial charge in [-0.25, -0.2) is 4.68 Å². The summed E-state index contributed by atoms with van der Waals surface area (Å²) in [6, 6.07) is 0.147. The summed E-state index contributed by atoms with van der Waals surface area (Å²) < 4.78 is 1.60. The first-order chi connectivity index (χ1) is 8.59. The maximum atomic E-state index is 11.1. The lowest BCUT2D eigenvalue weighted by Crippen LogP contribution is -2.19. The van der Waals surface area contributed by atoms with Gasteiger partial charge in [0.15, 0.2) is 0 Å². The molecule has 0 bridgehead atoms. The van der Waals surface area contributed by atoms with Crippen LogP contribution in [-0.4, -0.2) is 20.6 Å². The van der Waals surface area contributed by atoms with Crippen LogP contribution in [0.4, 0.5) is 11.5 Å². The Balaban J connectivity index is 2.33. The molecule has 2 rings (SSSR count). The topological polar surface area (TPSA) is 90.1 Å². The summed E-state index contributed by atoms with van der Waals surface area (Å²) in [5, 5.41) is 17.5. The zero-order valence-corrected chi connectivity index (χ0v) is 10.3. The molecule has 7 heteroatoms. The zero-order valence-electron chi connectivity index (χ0n) is 10.3. The van der Waals surface area contributed by atoms with Crippen molar-refractivity contribution in [3.05, 3.63) is 16.3 Å². The van der Waals surface area contributed by atoms with E-state index in [-0.39, 0.29) is 23.5 Å². The molecule has 0 radical (unpaired) electrons. The van der Waals surface area contributed by atoms with Gasteiger partial charge in [0.05, 0.1) is 11.0 Å². The van der Waals surface area contributed by atoms with Gasteiger partial charge in [-0.15, -0.1) is 0 Å². The molecule has 1 amide bonds. The summed E-state index contributed by atoms with van der Waals surface area (Å²) in [7, 11) is 0. The van der Waals surface area contributed by atoms with Gasteiger partial charge in [0.2, 0.25) is 11.7 Å². The molecule has 1 aromatic rings. The van der Waals surface area contributed by atoms with E-state index in [0.717, 1.165) is 25.7 Å². The highest BCUT2D eigenvalue weighted by molar-refractivity contribution is 5.90. The molecule has 0 spiro atoms. The number of nitrogens with zero attached hydrogens (tertiary/aromatic N) is 3. The number of aromatic nitrogens is 2. The standard InChI is InChI=1S/C11H16N4O3/c1-8(16)13-11-10(15(17)18)7-12-14(11)9-5-3-2-4-6-9/h7,9H,2-6H2,1H3,(H,13,16). The zero-order chi connectivity index (χ0) is 13.1. The van der Waals surface area contributed by atoms with E-state index in [2.05, 4.69) is 10.4 Å². The molecule has 0 atom stereocenters. The number of nitrogens with one attached hydrogen (secondary N) is 1. The van der Waals surface area contributed by atoms with Gasteiger partial charge in [-0.1, -0.05) is 19.3 Å². The highest BCUT2D eigenvalue weighted by Gasteiger charge is 2.26. The quantitative estimate of drug-likeness (QED) is 0.659. The van der Waals surface area contributed by atoms with Crippen LogP contribution in [0.25, 0.3) is 0 Å². The molecule has 7 nitrogen and oxygen atoms in total. The molecule has 18 heavy (non-hydrogen) atoms. The maximum Gasteiger partial charge on any atom is 0.331 e. The molecule has 0 aliphatic heterocycles. The Morgan fingerprint density at radius 2 is 2.17 bits per heavy atom. The minimum Gasteiger partial charge on any atom is -0.305 e. The van der Waals surface area contributed by atoms with Crippen molar-refractivity contribution in [1.29, 1.82) is 0 Å². The third-order valence-electron chi connectivity index (χ3n) is 3.19. The van der Waals surface area contributed by atoms with Crippen LogP contribution in [0.3, 0.4) is 0 Å². The summed E-state index contributed by atoms with van der Waals surface area (Å²) in [6.45, 7) is 1.34. The first-order valence-corrected chi connectivity index (χ1v) is 6.09. The fourth-order valence-corrected chi connectivity index (χ4v) is 2.38. The molecule has 1 N–H and O–H groups in total. The molecule has 1 heterocycles. The summed E-state index contributed by atoms with van der Waals surface area (Å²) in [5.41, 5.74) is -0.143. The molecule has 1 fully saturated rings. The van der Waals surface area contributed by atoms with Gasteiger partial charge in [0.1, 0.15) is 6.20 Å². The van der Waals surface area contributed by atoms with Crippen LogP contribution in [0.5, 0.6) is 0 Å². The summed E-state index contributed by atoms with van der Waals surface area (Å²) in [6.07, 6.45) is 6.49. The van der Waals surface area contributed by atoms with Gasteiger partial charge in [-0.05, 0) is 12.8 Å². The number of nitro groups is 1. The third-order valence-corrected chi connectivity index (χ3v) is 3.19. The van der Waals surface area contributed by atoms with Crippen molar-refractivity contribution in [3.63, 3.8) is 0 Å². The van der Waals surface area contributed by atoms with E-state index in [9.17, 15) is 14.9 Å². The second-order valence-corrected chi connectivity index (χ2v) is 4.55. The minimum absolute atomic E-state index is 0.143. The Morgan fingerprint density at radius 1 is 1.50 bits per heavy atom. The van der Waals surface area contributed by atoms with Crippen molar-refractivity contribution in [2.75, 3.05) is 5.32 Å². The molecule has 1 aliphatic rings. The lowest BCUT2D eigenvalue weighted by atomic mass is 9.96. The Morgan fingerprint density at radius 3 is 2.72 bits per heavy atom. The van der Waals surface area contributed by atoms with Crippen molar-refractivity contribution in [2.24, 2.45) is 0 Å². The van der Waals surface area contributed by atoms with Crippen LogP contribution in [0.15, 0.2) is 6.20 Å². The van der Waals surface area contributed by atoms with Gasteiger partial charge < -0.3 is 5.32 Å². The molecule has 0 aromatic carbocycles. The highest BCUT2D eigenvalue weighted by Crippen LogP contribution is 2.34. The van der Waals surface area contributed by atoms with Gasteiger partial charge >= 0.3 is 5.69 Å². The van der Waals surface area contributed by atoms with Gasteiger partial charge in [0.25, 0.3) is 0 Å². The van der Waals surface area contributed by atoms with Gasteiger partial charge in [-0.3, -0.25) is 14.9 Å². The van der Waals surface area contributed by atoms with Gasteiger partial charge in [0, 0.05) is 6.92 Å². The van der Waals surface area contributed by atoms with E-state index in [1.807, 2.05) is 0 Å². The van der Waals surface area contributed by atoms with Gasteiger partial charge in [-0.2, -0.15) is 5.10 Å². The first-order valence-electron chi connectivity index (χ1n) is 6.09. The smallest absolute Gasteiger partial charge is 0.305 e. The molecule has 0 saturated heterocycles. The number of carbonyl (C=O) groups is 1. The largest absolute Gasteiger partial charge is 0.331 e. The van der Waals surface area contributed by atoms with E-state index in [4.69, 9.17) is 0 Å². The number of anilines is 1. The van der Waals surface area contributed by atoms with Crippen LogP contribution in [0, 0.1) is 10.1 Å². The van der Waals surface area contributed by atoms with E-state index < -0.39 is 4.92 Å². The highest BCUT2D eigenvalue weighted by atomic mass is 16.6. The third kappa shape index (κ3) is 2.49. The van der Waals surface area contributed by atoms with Crippen LogP contribution in [0.2, 0.25) is 0 Å².